The van der Waals surface area contributed by atoms with E-state index in [9.17, 15) is 4.79 Å². The summed E-state index contributed by atoms with van der Waals surface area (Å²) in [6.45, 7) is 4.77. The number of para-hydroxylation sites is 1. The summed E-state index contributed by atoms with van der Waals surface area (Å²) in [6.07, 6.45) is 4.16. The normalized spacial score (nSPS) is 16.6. The van der Waals surface area contributed by atoms with E-state index in [2.05, 4.69) is 25.4 Å². The minimum atomic E-state index is -0.401. The number of nitrogens with one attached hydrogen (secondary N) is 1. The molecule has 4 rings (SSSR count). The third-order valence-electron chi connectivity index (χ3n) is 5.18. The first-order chi connectivity index (χ1) is 14.1. The van der Waals surface area contributed by atoms with Gasteiger partial charge in [-0.1, -0.05) is 30.3 Å². The number of aryl methyl sites for hydroxylation is 2. The topological polar surface area (TPSA) is 65.4 Å². The van der Waals surface area contributed by atoms with Crippen molar-refractivity contribution in [2.24, 2.45) is 0 Å². The average Bonchev–Trinajstić information content (AvgIpc) is 3.21. The predicted molar refractivity (Wildman–Crippen MR) is 111 cm³/mol. The molecule has 1 unspecified atom stereocenters. The van der Waals surface area contributed by atoms with Gasteiger partial charge in [0.2, 0.25) is 0 Å². The average molecular weight is 391 g/mol. The summed E-state index contributed by atoms with van der Waals surface area (Å²) < 4.78 is 7.24. The Balaban J connectivity index is 1.65. The third kappa shape index (κ3) is 4.39. The lowest BCUT2D eigenvalue weighted by Crippen LogP contribution is -2.33. The van der Waals surface area contributed by atoms with E-state index >= 15 is 0 Å². The van der Waals surface area contributed by atoms with Gasteiger partial charge in [-0.3, -0.25) is 4.79 Å². The van der Waals surface area contributed by atoms with Crippen LogP contribution in [-0.2, 0) is 9.57 Å². The Morgan fingerprint density at radius 3 is 2.69 bits per heavy atom. The first-order valence-electron chi connectivity index (χ1n) is 9.92. The molecule has 3 aromatic rings. The highest BCUT2D eigenvalue weighted by Gasteiger charge is 2.21. The second-order valence-electron chi connectivity index (χ2n) is 7.32. The van der Waals surface area contributed by atoms with Crippen LogP contribution < -0.4 is 5.48 Å². The standard InChI is InChI=1S/C23H25N3O3/c1-16-11-12-18(14-17(16)2)22-20(15-26(24-22)19-8-4-3-5-9-19)23(27)25-29-21-10-6-7-13-28-21/h3-5,8-9,11-12,14-15,21H,6-7,10,13H2,1-2H3,(H,25,27). The summed E-state index contributed by atoms with van der Waals surface area (Å²) in [4.78, 5) is 18.4. The van der Waals surface area contributed by atoms with Crippen LogP contribution in [0.2, 0.25) is 0 Å². The molecule has 1 saturated heterocycles. The zero-order chi connectivity index (χ0) is 20.2. The van der Waals surface area contributed by atoms with Crippen LogP contribution in [0.3, 0.4) is 0 Å². The monoisotopic (exact) mass is 391 g/mol. The van der Waals surface area contributed by atoms with Crippen molar-refractivity contribution in [3.8, 4) is 16.9 Å². The molecule has 0 saturated carbocycles. The van der Waals surface area contributed by atoms with Gasteiger partial charge in [-0.05, 0) is 56.0 Å². The van der Waals surface area contributed by atoms with E-state index in [4.69, 9.17) is 14.7 Å². The van der Waals surface area contributed by atoms with Crippen LogP contribution in [-0.4, -0.2) is 28.6 Å². The van der Waals surface area contributed by atoms with Gasteiger partial charge in [-0.2, -0.15) is 5.10 Å². The molecule has 1 fully saturated rings. The predicted octanol–water partition coefficient (Wildman–Crippen LogP) is 4.34. The van der Waals surface area contributed by atoms with Crippen LogP contribution in [0.5, 0.6) is 0 Å². The number of carbonyl (C=O) groups is 1. The SMILES string of the molecule is Cc1ccc(-c2nn(-c3ccccc3)cc2C(=O)NOC2CCCCO2)cc1C. The lowest BCUT2D eigenvalue weighted by molar-refractivity contribution is -0.186. The van der Waals surface area contributed by atoms with E-state index in [1.54, 1.807) is 10.9 Å². The Bertz CT molecular complexity index is 992. The van der Waals surface area contributed by atoms with Gasteiger partial charge < -0.3 is 4.74 Å². The fraction of sp³-hybridized carbons (Fsp3) is 0.304. The second-order valence-corrected chi connectivity index (χ2v) is 7.32. The zero-order valence-electron chi connectivity index (χ0n) is 16.7. The van der Waals surface area contributed by atoms with Crippen molar-refractivity contribution < 1.29 is 14.4 Å². The number of ether oxygens (including phenoxy) is 1. The van der Waals surface area contributed by atoms with E-state index in [1.165, 1.54) is 5.56 Å². The fourth-order valence-electron chi connectivity index (χ4n) is 3.33. The number of hydroxylamine groups is 1. The van der Waals surface area contributed by atoms with Crippen LogP contribution in [0.15, 0.2) is 54.7 Å². The molecule has 29 heavy (non-hydrogen) atoms. The lowest BCUT2D eigenvalue weighted by Gasteiger charge is -2.22. The maximum Gasteiger partial charge on any atom is 0.278 e. The van der Waals surface area contributed by atoms with Crippen LogP contribution in [0.1, 0.15) is 40.7 Å². The van der Waals surface area contributed by atoms with Crippen molar-refractivity contribution in [1.29, 1.82) is 0 Å². The van der Waals surface area contributed by atoms with Crippen LogP contribution in [0, 0.1) is 13.8 Å². The zero-order valence-corrected chi connectivity index (χ0v) is 16.7. The van der Waals surface area contributed by atoms with E-state index in [-0.39, 0.29) is 5.91 Å². The number of nitrogens with zero attached hydrogens (tertiary/aromatic N) is 2. The highest BCUT2D eigenvalue weighted by atomic mass is 16.8. The van der Waals surface area contributed by atoms with Crippen molar-refractivity contribution in [2.45, 2.75) is 39.4 Å². The van der Waals surface area contributed by atoms with Gasteiger partial charge in [-0.15, -0.1) is 0 Å². The number of hydrogen-bond acceptors (Lipinski definition) is 4. The van der Waals surface area contributed by atoms with Crippen molar-refractivity contribution in [3.05, 3.63) is 71.4 Å². The molecule has 1 aliphatic heterocycles. The molecule has 2 aromatic carbocycles. The molecule has 6 heteroatoms. The van der Waals surface area contributed by atoms with Gasteiger partial charge in [0, 0.05) is 24.8 Å². The second kappa shape index (κ2) is 8.59. The maximum atomic E-state index is 12.9. The Labute approximate surface area is 170 Å². The van der Waals surface area contributed by atoms with E-state index in [1.807, 2.05) is 42.5 Å². The van der Waals surface area contributed by atoms with Crippen molar-refractivity contribution in [1.82, 2.24) is 15.3 Å². The number of carbonyl (C=O) groups excluding carboxylic acids is 1. The highest BCUT2D eigenvalue weighted by molar-refractivity contribution is 5.99. The van der Waals surface area contributed by atoms with Crippen molar-refractivity contribution >= 4 is 5.91 Å². The van der Waals surface area contributed by atoms with Gasteiger partial charge in [0.1, 0.15) is 5.69 Å². The lowest BCUT2D eigenvalue weighted by atomic mass is 10.0. The molecule has 0 bridgehead atoms. The summed E-state index contributed by atoms with van der Waals surface area (Å²) in [5, 5.41) is 4.71. The summed E-state index contributed by atoms with van der Waals surface area (Å²) in [6, 6.07) is 15.8. The molecule has 1 amide bonds. The summed E-state index contributed by atoms with van der Waals surface area (Å²) in [7, 11) is 0. The molecule has 2 heterocycles. The minimum Gasteiger partial charge on any atom is -0.350 e. The molecule has 1 aliphatic rings. The number of rotatable bonds is 5. The van der Waals surface area contributed by atoms with Gasteiger partial charge in [0.15, 0.2) is 6.29 Å². The Morgan fingerprint density at radius 1 is 1.14 bits per heavy atom. The number of hydrogen-bond donors (Lipinski definition) is 1. The third-order valence-corrected chi connectivity index (χ3v) is 5.18. The molecule has 1 atom stereocenters. The van der Waals surface area contributed by atoms with E-state index in [0.29, 0.717) is 17.9 Å². The van der Waals surface area contributed by atoms with Crippen LogP contribution >= 0.6 is 0 Å². The highest BCUT2D eigenvalue weighted by Crippen LogP contribution is 2.26. The number of amides is 1. The van der Waals surface area contributed by atoms with Gasteiger partial charge in [-0.25, -0.2) is 15.0 Å². The summed E-state index contributed by atoms with van der Waals surface area (Å²) >= 11 is 0. The van der Waals surface area contributed by atoms with E-state index in [0.717, 1.165) is 36.1 Å². The van der Waals surface area contributed by atoms with Crippen LogP contribution in [0.4, 0.5) is 0 Å². The molecular formula is C23H25N3O3. The number of benzene rings is 2. The molecular weight excluding hydrogens is 366 g/mol. The minimum absolute atomic E-state index is 0.338. The summed E-state index contributed by atoms with van der Waals surface area (Å²) in [5.74, 6) is -0.338. The number of aromatic nitrogens is 2. The van der Waals surface area contributed by atoms with E-state index < -0.39 is 6.29 Å². The molecule has 0 aliphatic carbocycles. The first kappa shape index (κ1) is 19.4. The maximum absolute atomic E-state index is 12.9. The Kier molecular flexibility index (Phi) is 5.74. The summed E-state index contributed by atoms with van der Waals surface area (Å²) in [5.41, 5.74) is 7.73. The largest absolute Gasteiger partial charge is 0.350 e. The first-order valence-corrected chi connectivity index (χ1v) is 9.92. The molecule has 0 spiro atoms. The van der Waals surface area contributed by atoms with Gasteiger partial charge in [0.25, 0.3) is 5.91 Å². The van der Waals surface area contributed by atoms with Gasteiger partial charge in [0.05, 0.1) is 11.3 Å². The quantitative estimate of drug-likeness (QED) is 0.657. The molecule has 1 aromatic heterocycles. The van der Waals surface area contributed by atoms with Gasteiger partial charge >= 0.3 is 0 Å². The smallest absolute Gasteiger partial charge is 0.278 e. The van der Waals surface area contributed by atoms with Crippen molar-refractivity contribution in [2.75, 3.05) is 6.61 Å². The van der Waals surface area contributed by atoms with Crippen molar-refractivity contribution in [3.63, 3.8) is 0 Å². The fourth-order valence-corrected chi connectivity index (χ4v) is 3.33. The Morgan fingerprint density at radius 2 is 1.97 bits per heavy atom. The Hall–Kier alpha value is -2.96. The van der Waals surface area contributed by atoms with Crippen LogP contribution in [0.25, 0.3) is 16.9 Å². The molecule has 150 valence electrons. The molecule has 0 radical (unpaired) electrons. The molecule has 1 N–H and O–H groups in total. The molecule has 6 nitrogen and oxygen atoms in total.